The first-order valence-electron chi connectivity index (χ1n) is 9.73. The molecule has 4 rings (SSSR count). The summed E-state index contributed by atoms with van der Waals surface area (Å²) in [6, 6.07) is 1.83. The Balaban J connectivity index is 1.54. The van der Waals surface area contributed by atoms with Crippen LogP contribution < -0.4 is 0 Å². The standard InChI is InChI=1S/C19H28N6O/c1-3-4-8-25-9-5-15-17(21-13-20-15)19(25)6-10-24(11-7-19)18(26)16-12-14(2)22-23-16/h12-13H,3-11H2,1-2H3,(H,20,21)(H,22,23). The number of fused-ring (bicyclic) bond motifs is 2. The number of carbonyl (C=O) groups is 1. The SMILES string of the molecule is CCCCN1CCc2[nH]cnc2C12CCN(C(=O)c1cc(C)[nH]n1)CC2. The summed E-state index contributed by atoms with van der Waals surface area (Å²) in [4.78, 5) is 25.4. The summed E-state index contributed by atoms with van der Waals surface area (Å²) in [5, 5.41) is 7.00. The van der Waals surface area contributed by atoms with Crippen LogP contribution in [0.25, 0.3) is 0 Å². The predicted molar refractivity (Wildman–Crippen MR) is 98.9 cm³/mol. The normalized spacial score (nSPS) is 19.7. The van der Waals surface area contributed by atoms with Crippen LogP contribution in [0.5, 0.6) is 0 Å². The van der Waals surface area contributed by atoms with Gasteiger partial charge in [-0.15, -0.1) is 0 Å². The summed E-state index contributed by atoms with van der Waals surface area (Å²) in [6.45, 7) is 7.84. The van der Waals surface area contributed by atoms with Crippen LogP contribution in [-0.2, 0) is 12.0 Å². The van der Waals surface area contributed by atoms with E-state index in [0.29, 0.717) is 5.69 Å². The van der Waals surface area contributed by atoms with Gasteiger partial charge in [-0.1, -0.05) is 13.3 Å². The molecule has 0 radical (unpaired) electrons. The highest BCUT2D eigenvalue weighted by Gasteiger charge is 2.47. The molecule has 2 aliphatic rings. The first kappa shape index (κ1) is 17.3. The maximum Gasteiger partial charge on any atom is 0.274 e. The molecular weight excluding hydrogens is 328 g/mol. The quantitative estimate of drug-likeness (QED) is 0.880. The molecule has 26 heavy (non-hydrogen) atoms. The van der Waals surface area contributed by atoms with E-state index >= 15 is 0 Å². The van der Waals surface area contributed by atoms with Gasteiger partial charge in [0, 0.05) is 37.4 Å². The molecule has 0 saturated carbocycles. The van der Waals surface area contributed by atoms with Gasteiger partial charge in [0.15, 0.2) is 0 Å². The van der Waals surface area contributed by atoms with Gasteiger partial charge in [0.2, 0.25) is 0 Å². The zero-order valence-electron chi connectivity index (χ0n) is 15.7. The molecule has 2 N–H and O–H groups in total. The number of aromatic amines is 2. The van der Waals surface area contributed by atoms with Crippen molar-refractivity contribution in [3.63, 3.8) is 0 Å². The average molecular weight is 356 g/mol. The fraction of sp³-hybridized carbons (Fsp3) is 0.632. The number of aromatic nitrogens is 4. The molecule has 1 spiro atoms. The molecule has 2 aromatic heterocycles. The van der Waals surface area contributed by atoms with Crippen molar-refractivity contribution in [1.29, 1.82) is 0 Å². The zero-order valence-corrected chi connectivity index (χ0v) is 15.7. The Morgan fingerprint density at radius 2 is 2.12 bits per heavy atom. The van der Waals surface area contributed by atoms with Gasteiger partial charge in [0.1, 0.15) is 5.69 Å². The number of imidazole rings is 1. The van der Waals surface area contributed by atoms with Gasteiger partial charge in [-0.25, -0.2) is 4.98 Å². The summed E-state index contributed by atoms with van der Waals surface area (Å²) < 4.78 is 0. The highest BCUT2D eigenvalue weighted by molar-refractivity contribution is 5.92. The largest absolute Gasteiger partial charge is 0.348 e. The molecule has 2 aliphatic heterocycles. The number of amides is 1. The molecule has 0 aliphatic carbocycles. The maximum atomic E-state index is 12.7. The summed E-state index contributed by atoms with van der Waals surface area (Å²) in [7, 11) is 0. The number of hydrogen-bond donors (Lipinski definition) is 2. The van der Waals surface area contributed by atoms with Crippen LogP contribution >= 0.6 is 0 Å². The van der Waals surface area contributed by atoms with Crippen molar-refractivity contribution in [2.75, 3.05) is 26.2 Å². The Morgan fingerprint density at radius 1 is 1.31 bits per heavy atom. The summed E-state index contributed by atoms with van der Waals surface area (Å²) in [6.07, 6.45) is 7.14. The van der Waals surface area contributed by atoms with Crippen molar-refractivity contribution in [3.05, 3.63) is 35.2 Å². The van der Waals surface area contributed by atoms with Crippen molar-refractivity contribution in [2.24, 2.45) is 0 Å². The minimum Gasteiger partial charge on any atom is -0.348 e. The average Bonchev–Trinajstić information content (AvgIpc) is 3.31. The van der Waals surface area contributed by atoms with E-state index in [1.165, 1.54) is 24.2 Å². The molecule has 2 aromatic rings. The number of H-pyrrole nitrogens is 2. The fourth-order valence-electron chi connectivity index (χ4n) is 4.52. The number of nitrogens with one attached hydrogen (secondary N) is 2. The summed E-state index contributed by atoms with van der Waals surface area (Å²) in [5.41, 5.74) is 3.90. The topological polar surface area (TPSA) is 80.9 Å². The maximum absolute atomic E-state index is 12.7. The molecule has 0 atom stereocenters. The predicted octanol–water partition coefficient (Wildman–Crippen LogP) is 2.23. The highest BCUT2D eigenvalue weighted by atomic mass is 16.2. The second kappa shape index (κ2) is 6.87. The minimum absolute atomic E-state index is 0.0268. The van der Waals surface area contributed by atoms with Gasteiger partial charge in [0.25, 0.3) is 5.91 Å². The molecule has 140 valence electrons. The van der Waals surface area contributed by atoms with Crippen molar-refractivity contribution in [2.45, 2.75) is 51.5 Å². The summed E-state index contributed by atoms with van der Waals surface area (Å²) in [5.74, 6) is 0.0300. The molecule has 7 heteroatoms. The van der Waals surface area contributed by atoms with Gasteiger partial charge in [-0.3, -0.25) is 14.8 Å². The van der Waals surface area contributed by atoms with Gasteiger partial charge < -0.3 is 9.88 Å². The molecule has 0 aromatic carbocycles. The molecule has 0 bridgehead atoms. The number of rotatable bonds is 4. The molecule has 4 heterocycles. The lowest BCUT2D eigenvalue weighted by Gasteiger charge is -2.50. The van der Waals surface area contributed by atoms with E-state index in [2.05, 4.69) is 27.0 Å². The number of likely N-dealkylation sites (tertiary alicyclic amines) is 1. The second-order valence-electron chi connectivity index (χ2n) is 7.58. The Morgan fingerprint density at radius 3 is 2.81 bits per heavy atom. The molecule has 1 fully saturated rings. The van der Waals surface area contributed by atoms with Crippen LogP contribution in [0.3, 0.4) is 0 Å². The van der Waals surface area contributed by atoms with E-state index in [4.69, 9.17) is 4.98 Å². The number of unbranched alkanes of at least 4 members (excludes halogenated alkanes) is 1. The van der Waals surface area contributed by atoms with E-state index in [0.717, 1.165) is 51.1 Å². The van der Waals surface area contributed by atoms with Crippen LogP contribution in [0.2, 0.25) is 0 Å². The number of hydrogen-bond acceptors (Lipinski definition) is 4. The van der Waals surface area contributed by atoms with Crippen LogP contribution in [0, 0.1) is 6.92 Å². The van der Waals surface area contributed by atoms with Crippen molar-refractivity contribution in [1.82, 2.24) is 30.0 Å². The van der Waals surface area contributed by atoms with Crippen LogP contribution in [0.15, 0.2) is 12.4 Å². The Hall–Kier alpha value is -2.15. The lowest BCUT2D eigenvalue weighted by molar-refractivity contribution is 0.00613. The van der Waals surface area contributed by atoms with Crippen molar-refractivity contribution >= 4 is 5.91 Å². The molecule has 7 nitrogen and oxygen atoms in total. The molecule has 0 unspecified atom stereocenters. The smallest absolute Gasteiger partial charge is 0.274 e. The number of piperidine rings is 1. The van der Waals surface area contributed by atoms with Gasteiger partial charge in [-0.2, -0.15) is 5.10 Å². The van der Waals surface area contributed by atoms with E-state index < -0.39 is 0 Å². The third-order valence-electron chi connectivity index (χ3n) is 5.98. The highest BCUT2D eigenvalue weighted by Crippen LogP contribution is 2.42. The molecule has 1 amide bonds. The Kier molecular flexibility index (Phi) is 4.56. The summed E-state index contributed by atoms with van der Waals surface area (Å²) >= 11 is 0. The number of aryl methyl sites for hydroxylation is 1. The van der Waals surface area contributed by atoms with Crippen LogP contribution in [0.4, 0.5) is 0 Å². The van der Waals surface area contributed by atoms with Crippen LogP contribution in [0.1, 0.15) is 60.2 Å². The minimum atomic E-state index is -0.0268. The van der Waals surface area contributed by atoms with E-state index in [-0.39, 0.29) is 11.4 Å². The third-order valence-corrected chi connectivity index (χ3v) is 5.98. The van der Waals surface area contributed by atoms with Gasteiger partial charge in [-0.05, 0) is 38.8 Å². The third kappa shape index (κ3) is 2.84. The first-order chi connectivity index (χ1) is 12.6. The molecular formula is C19H28N6O. The lowest BCUT2D eigenvalue weighted by Crippen LogP contribution is -2.57. The Bertz CT molecular complexity index is 771. The number of carbonyl (C=O) groups excluding carboxylic acids is 1. The van der Waals surface area contributed by atoms with Gasteiger partial charge in [0.05, 0.1) is 17.6 Å². The van der Waals surface area contributed by atoms with Gasteiger partial charge >= 0.3 is 0 Å². The lowest BCUT2D eigenvalue weighted by atomic mass is 9.78. The van der Waals surface area contributed by atoms with Crippen molar-refractivity contribution < 1.29 is 4.79 Å². The Labute approximate surface area is 154 Å². The van der Waals surface area contributed by atoms with E-state index in [9.17, 15) is 4.79 Å². The van der Waals surface area contributed by atoms with E-state index in [1.54, 1.807) is 0 Å². The van der Waals surface area contributed by atoms with Crippen LogP contribution in [-0.4, -0.2) is 62.1 Å². The second-order valence-corrected chi connectivity index (χ2v) is 7.58. The number of nitrogens with zero attached hydrogens (tertiary/aromatic N) is 4. The van der Waals surface area contributed by atoms with E-state index in [1.807, 2.05) is 24.2 Å². The molecule has 1 saturated heterocycles. The van der Waals surface area contributed by atoms with Crippen molar-refractivity contribution in [3.8, 4) is 0 Å². The fourth-order valence-corrected chi connectivity index (χ4v) is 4.52. The first-order valence-corrected chi connectivity index (χ1v) is 9.73. The zero-order chi connectivity index (χ0) is 18.1. The monoisotopic (exact) mass is 356 g/mol.